The molecule has 154 valence electrons. The first kappa shape index (κ1) is 19.5. The second kappa shape index (κ2) is 7.54. The number of carbonyl (C=O) groups excluding carboxylic acids is 2. The second-order valence-electron chi connectivity index (χ2n) is 6.78. The molecule has 30 heavy (non-hydrogen) atoms. The molecule has 0 atom stereocenters. The number of amides is 3. The summed E-state index contributed by atoms with van der Waals surface area (Å²) in [5.74, 6) is -2.93. The number of nitrogens with two attached hydrogens (primary N) is 1. The molecule has 7 nitrogen and oxygen atoms in total. The number of nitrogens with one attached hydrogen (secondary N) is 1. The first-order chi connectivity index (χ1) is 14.3. The lowest BCUT2D eigenvalue weighted by atomic mass is 10.0. The average Bonchev–Trinajstić information content (AvgIpc) is 3.06. The second-order valence-corrected chi connectivity index (χ2v) is 6.78. The zero-order valence-electron chi connectivity index (χ0n) is 15.5. The maximum absolute atomic E-state index is 13.8. The molecule has 4 rings (SSSR count). The quantitative estimate of drug-likeness (QED) is 0.688. The van der Waals surface area contributed by atoms with Crippen molar-refractivity contribution in [2.45, 2.75) is 13.1 Å². The van der Waals surface area contributed by atoms with Crippen LogP contribution in [0.15, 0.2) is 42.5 Å². The SMILES string of the molecule is NC(=O)N1CCn2nc(-c3cccc(F)c3)c(C(=O)Nc3cc(F)cc(F)c3)c2C1. The predicted octanol–water partition coefficient (Wildman–Crippen LogP) is 3.11. The molecule has 1 aliphatic rings. The van der Waals surface area contributed by atoms with E-state index in [2.05, 4.69) is 10.4 Å². The van der Waals surface area contributed by atoms with Gasteiger partial charge in [-0.2, -0.15) is 5.10 Å². The molecule has 3 aromatic rings. The van der Waals surface area contributed by atoms with Crippen LogP contribution < -0.4 is 11.1 Å². The third-order valence-corrected chi connectivity index (χ3v) is 4.74. The number of fused-ring (bicyclic) bond motifs is 1. The normalized spacial score (nSPS) is 13.1. The smallest absolute Gasteiger partial charge is 0.315 e. The van der Waals surface area contributed by atoms with Gasteiger partial charge in [0.1, 0.15) is 23.1 Å². The predicted molar refractivity (Wildman–Crippen MR) is 102 cm³/mol. The van der Waals surface area contributed by atoms with E-state index in [4.69, 9.17) is 5.73 Å². The topological polar surface area (TPSA) is 93.2 Å². The maximum atomic E-state index is 13.8. The van der Waals surface area contributed by atoms with E-state index < -0.39 is 29.4 Å². The van der Waals surface area contributed by atoms with Gasteiger partial charge >= 0.3 is 6.03 Å². The van der Waals surface area contributed by atoms with Gasteiger partial charge in [-0.1, -0.05) is 12.1 Å². The molecule has 3 N–H and O–H groups in total. The Labute approximate surface area is 168 Å². The van der Waals surface area contributed by atoms with Gasteiger partial charge in [0.25, 0.3) is 5.91 Å². The van der Waals surface area contributed by atoms with Crippen LogP contribution >= 0.6 is 0 Å². The van der Waals surface area contributed by atoms with Crippen molar-refractivity contribution in [3.8, 4) is 11.3 Å². The van der Waals surface area contributed by atoms with Crippen molar-refractivity contribution < 1.29 is 22.8 Å². The van der Waals surface area contributed by atoms with Gasteiger partial charge in [-0.3, -0.25) is 9.48 Å². The molecule has 1 aliphatic heterocycles. The molecule has 2 heterocycles. The van der Waals surface area contributed by atoms with E-state index >= 15 is 0 Å². The van der Waals surface area contributed by atoms with Crippen LogP contribution in [0, 0.1) is 17.5 Å². The maximum Gasteiger partial charge on any atom is 0.315 e. The Morgan fingerprint density at radius 1 is 1.00 bits per heavy atom. The van der Waals surface area contributed by atoms with Crippen LogP contribution in [0.5, 0.6) is 0 Å². The van der Waals surface area contributed by atoms with Gasteiger partial charge in [0.15, 0.2) is 0 Å². The van der Waals surface area contributed by atoms with Gasteiger partial charge in [0, 0.05) is 23.9 Å². The molecular formula is C20H16F3N5O2. The van der Waals surface area contributed by atoms with Gasteiger partial charge in [-0.15, -0.1) is 0 Å². The number of urea groups is 1. The third kappa shape index (κ3) is 3.71. The summed E-state index contributed by atoms with van der Waals surface area (Å²) in [6.45, 7) is 0.586. The fraction of sp³-hybridized carbons (Fsp3) is 0.150. The first-order valence-electron chi connectivity index (χ1n) is 8.99. The van der Waals surface area contributed by atoms with E-state index in [1.165, 1.54) is 23.1 Å². The first-order valence-corrected chi connectivity index (χ1v) is 8.99. The lowest BCUT2D eigenvalue weighted by Crippen LogP contribution is -2.42. The summed E-state index contributed by atoms with van der Waals surface area (Å²) in [4.78, 5) is 26.0. The van der Waals surface area contributed by atoms with E-state index in [1.54, 1.807) is 10.7 Å². The van der Waals surface area contributed by atoms with Crippen molar-refractivity contribution in [2.75, 3.05) is 11.9 Å². The number of anilines is 1. The molecule has 1 aromatic heterocycles. The molecule has 0 unspecified atom stereocenters. The monoisotopic (exact) mass is 415 g/mol. The highest BCUT2D eigenvalue weighted by molar-refractivity contribution is 6.09. The zero-order valence-corrected chi connectivity index (χ0v) is 15.5. The summed E-state index contributed by atoms with van der Waals surface area (Å²) in [5.41, 5.74) is 6.26. The number of carbonyl (C=O) groups is 2. The number of primary amides is 1. The summed E-state index contributed by atoms with van der Waals surface area (Å²) in [7, 11) is 0. The fourth-order valence-corrected chi connectivity index (χ4v) is 3.40. The Balaban J connectivity index is 1.80. The number of aromatic nitrogens is 2. The van der Waals surface area contributed by atoms with E-state index in [0.29, 0.717) is 23.9 Å². The van der Waals surface area contributed by atoms with E-state index in [0.717, 1.165) is 12.1 Å². The number of hydrogen-bond donors (Lipinski definition) is 2. The third-order valence-electron chi connectivity index (χ3n) is 4.74. The highest BCUT2D eigenvalue weighted by Crippen LogP contribution is 2.30. The molecule has 0 aliphatic carbocycles. The van der Waals surface area contributed by atoms with Crippen LogP contribution in [-0.2, 0) is 13.1 Å². The van der Waals surface area contributed by atoms with Gasteiger partial charge in [-0.25, -0.2) is 18.0 Å². The minimum Gasteiger partial charge on any atom is -0.351 e. The van der Waals surface area contributed by atoms with Gasteiger partial charge in [-0.05, 0) is 24.3 Å². The molecule has 0 bridgehead atoms. The summed E-state index contributed by atoms with van der Waals surface area (Å²) in [6.07, 6.45) is 0. The minimum atomic E-state index is -0.854. The van der Waals surface area contributed by atoms with Crippen LogP contribution in [-0.4, -0.2) is 33.2 Å². The average molecular weight is 415 g/mol. The molecular weight excluding hydrogens is 399 g/mol. The minimum absolute atomic E-state index is 0.0118. The molecule has 0 fully saturated rings. The van der Waals surface area contributed by atoms with Crippen molar-refractivity contribution in [1.29, 1.82) is 0 Å². The van der Waals surface area contributed by atoms with Crippen molar-refractivity contribution in [2.24, 2.45) is 5.73 Å². The van der Waals surface area contributed by atoms with Gasteiger partial charge in [0.2, 0.25) is 0 Å². The summed E-state index contributed by atoms with van der Waals surface area (Å²) in [5, 5.41) is 6.86. The number of rotatable bonds is 3. The Morgan fingerprint density at radius 2 is 1.73 bits per heavy atom. The summed E-state index contributed by atoms with van der Waals surface area (Å²) in [6, 6.07) is 7.49. The van der Waals surface area contributed by atoms with Crippen LogP contribution in [0.4, 0.5) is 23.7 Å². The highest BCUT2D eigenvalue weighted by atomic mass is 19.1. The Bertz CT molecular complexity index is 1140. The number of hydrogen-bond acceptors (Lipinski definition) is 3. The van der Waals surface area contributed by atoms with Crippen molar-refractivity contribution in [3.63, 3.8) is 0 Å². The number of halogens is 3. The lowest BCUT2D eigenvalue weighted by Gasteiger charge is -2.26. The van der Waals surface area contributed by atoms with E-state index in [1.807, 2.05) is 0 Å². The van der Waals surface area contributed by atoms with E-state index in [-0.39, 0.29) is 30.0 Å². The summed E-state index contributed by atoms with van der Waals surface area (Å²) < 4.78 is 42.4. The molecule has 3 amide bonds. The Kier molecular flexibility index (Phi) is 4.90. The highest BCUT2D eigenvalue weighted by Gasteiger charge is 2.30. The molecule has 10 heteroatoms. The van der Waals surface area contributed by atoms with Crippen LogP contribution in [0.1, 0.15) is 16.1 Å². The van der Waals surface area contributed by atoms with Gasteiger partial charge in [0.05, 0.1) is 24.3 Å². The zero-order chi connectivity index (χ0) is 21.4. The number of benzene rings is 2. The fourth-order valence-electron chi connectivity index (χ4n) is 3.40. The Morgan fingerprint density at radius 3 is 2.40 bits per heavy atom. The van der Waals surface area contributed by atoms with Crippen LogP contribution in [0.2, 0.25) is 0 Å². The van der Waals surface area contributed by atoms with Gasteiger partial charge < -0.3 is 16.0 Å². The van der Waals surface area contributed by atoms with E-state index in [9.17, 15) is 22.8 Å². The molecule has 0 spiro atoms. The van der Waals surface area contributed by atoms with Crippen molar-refractivity contribution >= 4 is 17.6 Å². The van der Waals surface area contributed by atoms with Crippen molar-refractivity contribution in [3.05, 3.63) is 71.2 Å². The standard InChI is InChI=1S/C20H16F3N5O2/c21-12-3-1-2-11(6-12)18-17(16-10-27(20(24)30)4-5-28(16)26-18)19(29)25-15-8-13(22)7-14(23)9-15/h1-3,6-9H,4-5,10H2,(H2,24,30)(H,25,29). The number of nitrogens with zero attached hydrogens (tertiary/aromatic N) is 3. The molecule has 0 saturated heterocycles. The lowest BCUT2D eigenvalue weighted by molar-refractivity contribution is 0.102. The molecule has 0 radical (unpaired) electrons. The van der Waals surface area contributed by atoms with Crippen LogP contribution in [0.3, 0.4) is 0 Å². The molecule has 0 saturated carbocycles. The Hall–Kier alpha value is -3.82. The van der Waals surface area contributed by atoms with Crippen LogP contribution in [0.25, 0.3) is 11.3 Å². The molecule has 2 aromatic carbocycles. The largest absolute Gasteiger partial charge is 0.351 e. The van der Waals surface area contributed by atoms with Crippen molar-refractivity contribution in [1.82, 2.24) is 14.7 Å². The summed E-state index contributed by atoms with van der Waals surface area (Å²) >= 11 is 0.